The third kappa shape index (κ3) is 7.44. The largest absolute Gasteiger partial charge is 0.456 e. The summed E-state index contributed by atoms with van der Waals surface area (Å²) in [6, 6.07) is 11.1. The van der Waals surface area contributed by atoms with Crippen LogP contribution in [0.2, 0.25) is 0 Å². The summed E-state index contributed by atoms with van der Waals surface area (Å²) in [6.45, 7) is 10.5. The molecular formula is C31H38FNO3S. The number of rotatable bonds is 11. The van der Waals surface area contributed by atoms with E-state index in [9.17, 15) is 14.3 Å². The second-order valence-electron chi connectivity index (χ2n) is 9.65. The zero-order valence-corrected chi connectivity index (χ0v) is 23.3. The minimum atomic E-state index is -0.636. The quantitative estimate of drug-likeness (QED) is 0.131. The molecule has 2 aromatic carbocycles. The summed E-state index contributed by atoms with van der Waals surface area (Å²) in [7, 11) is 0. The van der Waals surface area contributed by atoms with Crippen molar-refractivity contribution in [1.82, 2.24) is 5.32 Å². The average molecular weight is 524 g/mol. The summed E-state index contributed by atoms with van der Waals surface area (Å²) < 4.78 is 20.2. The van der Waals surface area contributed by atoms with E-state index in [1.165, 1.54) is 17.7 Å². The fraction of sp³-hybridized carbons (Fsp3) is 0.387. The van der Waals surface area contributed by atoms with E-state index in [0.29, 0.717) is 56.7 Å². The summed E-state index contributed by atoms with van der Waals surface area (Å²) in [5, 5.41) is 13.6. The molecular weight excluding hydrogens is 485 g/mol. The molecule has 0 fully saturated rings. The first-order valence-electron chi connectivity index (χ1n) is 13.0. The van der Waals surface area contributed by atoms with Gasteiger partial charge in [0.2, 0.25) is 0 Å². The van der Waals surface area contributed by atoms with Gasteiger partial charge in [-0.15, -0.1) is 12.6 Å². The molecule has 0 spiro atoms. The molecule has 198 valence electrons. The van der Waals surface area contributed by atoms with Gasteiger partial charge in [0.1, 0.15) is 17.3 Å². The van der Waals surface area contributed by atoms with Gasteiger partial charge in [-0.3, -0.25) is 4.79 Å². The van der Waals surface area contributed by atoms with Crippen LogP contribution in [0.4, 0.5) is 4.39 Å². The molecule has 0 saturated carbocycles. The number of hydrogen-bond donors (Lipinski definition) is 3. The van der Waals surface area contributed by atoms with Crippen LogP contribution in [0.25, 0.3) is 0 Å². The lowest BCUT2D eigenvalue weighted by atomic mass is 9.92. The zero-order valence-electron chi connectivity index (χ0n) is 22.4. The molecule has 2 aromatic rings. The van der Waals surface area contributed by atoms with E-state index in [0.717, 1.165) is 25.8 Å². The van der Waals surface area contributed by atoms with Crippen LogP contribution in [0, 0.1) is 19.7 Å². The van der Waals surface area contributed by atoms with Crippen molar-refractivity contribution in [2.24, 2.45) is 0 Å². The molecule has 0 bridgehead atoms. The van der Waals surface area contributed by atoms with Crippen molar-refractivity contribution in [2.75, 3.05) is 6.54 Å². The van der Waals surface area contributed by atoms with Crippen LogP contribution >= 0.6 is 12.6 Å². The zero-order chi connectivity index (χ0) is 27.1. The van der Waals surface area contributed by atoms with E-state index in [1.54, 1.807) is 32.9 Å². The molecule has 3 rings (SSSR count). The molecule has 6 heteroatoms. The molecule has 1 atom stereocenters. The summed E-state index contributed by atoms with van der Waals surface area (Å²) in [5.74, 6) is 0.371. The molecule has 0 saturated heterocycles. The van der Waals surface area contributed by atoms with Gasteiger partial charge in [0.15, 0.2) is 5.78 Å². The Morgan fingerprint density at radius 2 is 1.78 bits per heavy atom. The number of aliphatic hydroxyl groups is 1. The van der Waals surface area contributed by atoms with Gasteiger partial charge in [-0.2, -0.15) is 0 Å². The molecule has 2 N–H and O–H groups in total. The Morgan fingerprint density at radius 1 is 1.16 bits per heavy atom. The van der Waals surface area contributed by atoms with Gasteiger partial charge in [0, 0.05) is 29.2 Å². The van der Waals surface area contributed by atoms with Crippen molar-refractivity contribution in [3.8, 4) is 5.75 Å². The second-order valence-corrected chi connectivity index (χ2v) is 10.2. The van der Waals surface area contributed by atoms with E-state index in [4.69, 9.17) is 4.74 Å². The first-order chi connectivity index (χ1) is 17.6. The number of nitrogens with one attached hydrogen (secondary N) is 1. The van der Waals surface area contributed by atoms with Gasteiger partial charge >= 0.3 is 0 Å². The number of Topliss-reactive ketones (excluding diaryl/α,β-unsaturated/α-hetero) is 1. The number of carbonyl (C=O) groups excluding carboxylic acids is 1. The van der Waals surface area contributed by atoms with Gasteiger partial charge in [-0.05, 0) is 92.4 Å². The summed E-state index contributed by atoms with van der Waals surface area (Å²) >= 11 is 4.60. The SMILES string of the molecule is CCC(CC)NCCc1ccc(O/C(C2=C(S)CC(O)C=C2)=C(/C)C(=O)c2c(C)cc(F)cc2C)cc1. The van der Waals surface area contributed by atoms with Crippen molar-refractivity contribution < 1.29 is 19.0 Å². The lowest BCUT2D eigenvalue weighted by molar-refractivity contribution is 0.102. The monoisotopic (exact) mass is 523 g/mol. The van der Waals surface area contributed by atoms with Crippen molar-refractivity contribution >= 4 is 18.4 Å². The maximum Gasteiger partial charge on any atom is 0.193 e. The molecule has 1 unspecified atom stereocenters. The number of halogens is 1. The van der Waals surface area contributed by atoms with Crippen molar-refractivity contribution in [2.45, 2.75) is 72.4 Å². The maximum absolute atomic E-state index is 13.9. The number of hydrogen-bond acceptors (Lipinski definition) is 5. The highest BCUT2D eigenvalue weighted by Crippen LogP contribution is 2.33. The minimum absolute atomic E-state index is 0.234. The van der Waals surface area contributed by atoms with Crippen LogP contribution in [0.5, 0.6) is 5.75 Å². The Hall–Kier alpha value is -2.67. The maximum atomic E-state index is 13.9. The van der Waals surface area contributed by atoms with Crippen LogP contribution in [-0.2, 0) is 6.42 Å². The molecule has 0 heterocycles. The Labute approximate surface area is 225 Å². The molecule has 1 aliphatic rings. The normalized spacial score (nSPS) is 16.3. The minimum Gasteiger partial charge on any atom is -0.456 e. The molecule has 0 radical (unpaired) electrons. The van der Waals surface area contributed by atoms with E-state index in [2.05, 4.69) is 31.8 Å². The Kier molecular flexibility index (Phi) is 10.3. The Morgan fingerprint density at radius 3 is 2.35 bits per heavy atom. The van der Waals surface area contributed by atoms with E-state index >= 15 is 0 Å². The molecule has 0 aliphatic heterocycles. The van der Waals surface area contributed by atoms with Gasteiger partial charge < -0.3 is 15.2 Å². The van der Waals surface area contributed by atoms with Crippen LogP contribution < -0.4 is 10.1 Å². The highest BCUT2D eigenvalue weighted by molar-refractivity contribution is 7.84. The molecule has 1 aliphatic carbocycles. The number of ether oxygens (including phenoxy) is 1. The van der Waals surface area contributed by atoms with Crippen LogP contribution in [0.3, 0.4) is 0 Å². The van der Waals surface area contributed by atoms with Gasteiger partial charge in [0.05, 0.1) is 6.10 Å². The van der Waals surface area contributed by atoms with Gasteiger partial charge in [-0.25, -0.2) is 4.39 Å². The van der Waals surface area contributed by atoms with Gasteiger partial charge in [0.25, 0.3) is 0 Å². The predicted molar refractivity (Wildman–Crippen MR) is 152 cm³/mol. The van der Waals surface area contributed by atoms with Crippen LogP contribution in [-0.4, -0.2) is 29.6 Å². The van der Waals surface area contributed by atoms with Crippen molar-refractivity contribution in [3.05, 3.63) is 98.4 Å². The van der Waals surface area contributed by atoms with Gasteiger partial charge in [-0.1, -0.05) is 38.1 Å². The molecule has 0 amide bonds. The number of ketones is 1. The first-order valence-corrected chi connectivity index (χ1v) is 13.4. The third-order valence-electron chi connectivity index (χ3n) is 6.82. The number of benzene rings is 2. The van der Waals surface area contributed by atoms with E-state index in [-0.39, 0.29) is 11.6 Å². The third-order valence-corrected chi connectivity index (χ3v) is 7.25. The van der Waals surface area contributed by atoms with Crippen molar-refractivity contribution in [3.63, 3.8) is 0 Å². The van der Waals surface area contributed by atoms with E-state index in [1.807, 2.05) is 24.3 Å². The van der Waals surface area contributed by atoms with E-state index < -0.39 is 6.10 Å². The number of aliphatic hydroxyl groups excluding tert-OH is 1. The lowest BCUT2D eigenvalue weighted by Crippen LogP contribution is -2.29. The number of carbonyl (C=O) groups is 1. The summed E-state index contributed by atoms with van der Waals surface area (Å²) in [6.07, 6.45) is 6.24. The Bertz CT molecular complexity index is 1190. The number of aryl methyl sites for hydroxylation is 2. The smallest absolute Gasteiger partial charge is 0.193 e. The highest BCUT2D eigenvalue weighted by Gasteiger charge is 2.24. The standard InChI is InChI=1S/C31H38FNO3S/c1-6-24(7-2)33-15-14-22-8-11-26(12-9-22)36-31(27-13-10-25(34)18-28(27)37)21(5)30(35)29-19(3)16-23(32)17-20(29)4/h8-13,16-17,24-25,33-34,37H,6-7,14-15,18H2,1-5H3/b31-21-. The van der Waals surface area contributed by atoms with Crippen molar-refractivity contribution in [1.29, 1.82) is 0 Å². The number of thiol groups is 1. The highest BCUT2D eigenvalue weighted by atomic mass is 32.1. The Balaban J connectivity index is 1.92. The average Bonchev–Trinajstić information content (AvgIpc) is 2.85. The lowest BCUT2D eigenvalue weighted by Gasteiger charge is -2.21. The number of allylic oxidation sites excluding steroid dienone is 2. The fourth-order valence-corrected chi connectivity index (χ4v) is 4.98. The van der Waals surface area contributed by atoms with Crippen LogP contribution in [0.1, 0.15) is 67.1 Å². The predicted octanol–water partition coefficient (Wildman–Crippen LogP) is 6.80. The summed E-state index contributed by atoms with van der Waals surface area (Å²) in [4.78, 5) is 14.3. The van der Waals surface area contributed by atoms with Crippen LogP contribution in [0.15, 0.2) is 70.4 Å². The fourth-order valence-electron chi connectivity index (χ4n) is 4.62. The summed E-state index contributed by atoms with van der Waals surface area (Å²) in [5.41, 5.74) is 3.83. The second kappa shape index (κ2) is 13.2. The molecule has 0 aromatic heterocycles. The first kappa shape index (κ1) is 28.9. The molecule has 37 heavy (non-hydrogen) atoms. The topological polar surface area (TPSA) is 58.6 Å². The molecule has 4 nitrogen and oxygen atoms in total.